The molecule has 0 spiro atoms. The maximum Gasteiger partial charge on any atom is 0.301 e. The molecule has 3 aliphatic carbocycles. The lowest BCUT2D eigenvalue weighted by molar-refractivity contribution is -0.393. The third kappa shape index (κ3) is 6.71. The Kier molecular flexibility index (Phi) is 10.1. The van der Waals surface area contributed by atoms with Gasteiger partial charge in [-0.15, -0.1) is 0 Å². The number of hydrogen-bond acceptors (Lipinski definition) is 7. The topological polar surface area (TPSA) is 131 Å². The Morgan fingerprint density at radius 1 is 1.10 bits per heavy atom. The number of hydrazone groups is 1. The summed E-state index contributed by atoms with van der Waals surface area (Å²) >= 11 is 0. The van der Waals surface area contributed by atoms with Crippen LogP contribution < -0.4 is 5.43 Å². The van der Waals surface area contributed by atoms with Gasteiger partial charge in [0.15, 0.2) is 0 Å². The van der Waals surface area contributed by atoms with E-state index in [4.69, 9.17) is 0 Å². The maximum absolute atomic E-state index is 11.6. The Morgan fingerprint density at radius 2 is 1.86 bits per heavy atom. The number of non-ortho nitro benzene ring substituents is 1. The molecule has 0 saturated heterocycles. The smallest absolute Gasteiger partial charge is 0.301 e. The molecule has 0 aromatic heterocycles. The molecule has 0 heterocycles. The minimum absolute atomic E-state index is 0.0288. The number of nitrogens with one attached hydrogen (secondary N) is 1. The van der Waals surface area contributed by atoms with Gasteiger partial charge < -0.3 is 5.11 Å². The highest BCUT2D eigenvalue weighted by Gasteiger charge is 2.56. The van der Waals surface area contributed by atoms with Crippen molar-refractivity contribution in [1.29, 1.82) is 0 Å². The van der Waals surface area contributed by atoms with Crippen LogP contribution in [0.5, 0.6) is 0 Å². The molecular formula is C33H50N4O5. The Hall–Kier alpha value is -2.81. The van der Waals surface area contributed by atoms with Crippen molar-refractivity contribution in [2.45, 2.75) is 111 Å². The Morgan fingerprint density at radius 3 is 2.52 bits per heavy atom. The van der Waals surface area contributed by atoms with Gasteiger partial charge in [0, 0.05) is 12.3 Å². The van der Waals surface area contributed by atoms with E-state index >= 15 is 0 Å². The van der Waals surface area contributed by atoms with E-state index in [1.165, 1.54) is 62.7 Å². The number of rotatable bonds is 12. The summed E-state index contributed by atoms with van der Waals surface area (Å²) < 4.78 is 0. The summed E-state index contributed by atoms with van der Waals surface area (Å²) in [6, 6.07) is 3.55. The summed E-state index contributed by atoms with van der Waals surface area (Å²) in [5.41, 5.74) is 3.66. The predicted octanol–water partition coefficient (Wildman–Crippen LogP) is 8.67. The zero-order chi connectivity index (χ0) is 30.7. The maximum atomic E-state index is 11.6. The number of benzene rings is 1. The van der Waals surface area contributed by atoms with E-state index in [9.17, 15) is 25.3 Å². The second-order valence-electron chi connectivity index (χ2n) is 14.2. The summed E-state index contributed by atoms with van der Waals surface area (Å²) in [5.74, 6) is 2.90. The average Bonchev–Trinajstić information content (AvgIpc) is 3.27. The van der Waals surface area contributed by atoms with Crippen LogP contribution in [-0.4, -0.2) is 27.3 Å². The number of nitro benzene ring substituents is 2. The lowest BCUT2D eigenvalue weighted by Crippen LogP contribution is -2.48. The van der Waals surface area contributed by atoms with Crippen LogP contribution in [-0.2, 0) is 0 Å². The summed E-state index contributed by atoms with van der Waals surface area (Å²) in [6.45, 7) is 14.0. The monoisotopic (exact) mass is 582 g/mol. The average molecular weight is 583 g/mol. The van der Waals surface area contributed by atoms with Crippen LogP contribution in [0.4, 0.5) is 17.1 Å². The Bertz CT molecular complexity index is 1180. The zero-order valence-corrected chi connectivity index (χ0v) is 25.9. The molecule has 3 fully saturated rings. The molecule has 0 bridgehead atoms. The number of nitro groups is 2. The SMILES string of the molecule is C=C1C[C@@H](O)CC[C@]1(C)C1CC[C@@]2(C)C(CC[C@@H]2CCCCC(C)C)C1C/C=N/Nc1ccc([N+](=O)[O-])cc1[N+](=O)[O-]. The molecule has 0 aliphatic heterocycles. The first kappa shape index (κ1) is 32.1. The van der Waals surface area contributed by atoms with Crippen molar-refractivity contribution in [1.82, 2.24) is 0 Å². The largest absolute Gasteiger partial charge is 0.393 e. The molecule has 3 aliphatic rings. The van der Waals surface area contributed by atoms with Crippen LogP contribution >= 0.6 is 0 Å². The lowest BCUT2D eigenvalue weighted by Gasteiger charge is -2.55. The first-order valence-electron chi connectivity index (χ1n) is 15.9. The van der Waals surface area contributed by atoms with E-state index in [0.717, 1.165) is 43.6 Å². The highest BCUT2D eigenvalue weighted by Crippen LogP contribution is 2.65. The quantitative estimate of drug-likeness (QED) is 0.0833. The summed E-state index contributed by atoms with van der Waals surface area (Å²) in [7, 11) is 0. The highest BCUT2D eigenvalue weighted by atomic mass is 16.6. The molecule has 1 aromatic rings. The molecular weight excluding hydrogens is 532 g/mol. The Labute approximate surface area is 250 Å². The number of hydrogen-bond donors (Lipinski definition) is 2. The molecule has 3 unspecified atom stereocenters. The molecule has 0 radical (unpaired) electrons. The lowest BCUT2D eigenvalue weighted by atomic mass is 9.49. The van der Waals surface area contributed by atoms with E-state index in [2.05, 4.69) is 44.8 Å². The van der Waals surface area contributed by atoms with Crippen molar-refractivity contribution < 1.29 is 15.0 Å². The van der Waals surface area contributed by atoms with Gasteiger partial charge in [-0.1, -0.05) is 59.1 Å². The van der Waals surface area contributed by atoms with E-state index in [1.807, 2.05) is 6.21 Å². The van der Waals surface area contributed by atoms with E-state index < -0.39 is 9.85 Å². The number of nitrogens with zero attached hydrogens (tertiary/aromatic N) is 3. The van der Waals surface area contributed by atoms with E-state index in [-0.39, 0.29) is 28.6 Å². The van der Waals surface area contributed by atoms with Crippen molar-refractivity contribution in [2.24, 2.45) is 45.5 Å². The van der Waals surface area contributed by atoms with Crippen molar-refractivity contribution in [3.8, 4) is 0 Å². The molecule has 7 atom stereocenters. The number of anilines is 1. The minimum Gasteiger partial charge on any atom is -0.393 e. The first-order chi connectivity index (χ1) is 19.9. The highest BCUT2D eigenvalue weighted by molar-refractivity contribution is 5.67. The molecule has 9 nitrogen and oxygen atoms in total. The van der Waals surface area contributed by atoms with E-state index in [0.29, 0.717) is 29.6 Å². The first-order valence-corrected chi connectivity index (χ1v) is 15.9. The van der Waals surface area contributed by atoms with Crippen molar-refractivity contribution in [3.63, 3.8) is 0 Å². The number of aliphatic hydroxyl groups excluding tert-OH is 1. The van der Waals surface area contributed by atoms with Crippen LogP contribution in [0.2, 0.25) is 0 Å². The molecule has 0 amide bonds. The van der Waals surface area contributed by atoms with Gasteiger partial charge in [0.25, 0.3) is 5.69 Å². The minimum atomic E-state index is -0.641. The second-order valence-corrected chi connectivity index (χ2v) is 14.2. The van der Waals surface area contributed by atoms with Gasteiger partial charge in [0.05, 0.1) is 22.0 Å². The fourth-order valence-corrected chi connectivity index (χ4v) is 8.81. The van der Waals surface area contributed by atoms with Crippen molar-refractivity contribution in [2.75, 3.05) is 5.43 Å². The molecule has 42 heavy (non-hydrogen) atoms. The van der Waals surface area contributed by atoms with Crippen LogP contribution in [0.3, 0.4) is 0 Å². The van der Waals surface area contributed by atoms with Gasteiger partial charge in [-0.3, -0.25) is 25.7 Å². The molecule has 1 aromatic carbocycles. The van der Waals surface area contributed by atoms with Crippen molar-refractivity contribution >= 4 is 23.3 Å². The summed E-state index contributed by atoms with van der Waals surface area (Å²) in [6.07, 6.45) is 14.8. The van der Waals surface area contributed by atoms with Gasteiger partial charge in [-0.25, -0.2) is 0 Å². The fraction of sp³-hybridized carbons (Fsp3) is 0.727. The zero-order valence-electron chi connectivity index (χ0n) is 25.9. The normalized spacial score (nSPS) is 33.2. The van der Waals surface area contributed by atoms with E-state index in [1.54, 1.807) is 0 Å². The fourth-order valence-electron chi connectivity index (χ4n) is 8.81. The van der Waals surface area contributed by atoms with Crippen LogP contribution in [0.15, 0.2) is 35.5 Å². The number of fused-ring (bicyclic) bond motifs is 1. The molecule has 4 rings (SSSR count). The molecule has 2 N–H and O–H groups in total. The number of aliphatic hydroxyl groups is 1. The molecule has 232 valence electrons. The van der Waals surface area contributed by atoms with Crippen LogP contribution in [0.1, 0.15) is 105 Å². The second kappa shape index (κ2) is 13.2. The van der Waals surface area contributed by atoms with Gasteiger partial charge >= 0.3 is 5.69 Å². The van der Waals surface area contributed by atoms with Crippen molar-refractivity contribution in [3.05, 3.63) is 50.6 Å². The van der Waals surface area contributed by atoms with Gasteiger partial charge in [-0.05, 0) is 104 Å². The third-order valence-electron chi connectivity index (χ3n) is 11.4. The standard InChI is InChI=1S/C33H50N4O5/c1-22(2)8-6-7-9-24-10-12-28-27(16-19-34-35-30-13-11-25(36(39)40)21-31(30)37(41)42)29(15-18-33(24,28)5)32(4)17-14-26(38)20-23(32)3/h11,13,19,21-22,24,26-29,35,38H,3,6-10,12,14-18,20H2,1-2,4-5H3/b34-19+/t24-,26-,27?,28?,29?,32-,33+/m0/s1. The van der Waals surface area contributed by atoms with Gasteiger partial charge in [0.1, 0.15) is 5.69 Å². The van der Waals surface area contributed by atoms with Gasteiger partial charge in [-0.2, -0.15) is 5.10 Å². The van der Waals surface area contributed by atoms with Crippen LogP contribution in [0.25, 0.3) is 0 Å². The van der Waals surface area contributed by atoms with Crippen LogP contribution in [0, 0.1) is 60.6 Å². The Balaban J connectivity index is 1.54. The predicted molar refractivity (Wildman–Crippen MR) is 167 cm³/mol. The summed E-state index contributed by atoms with van der Waals surface area (Å²) in [4.78, 5) is 21.4. The molecule has 3 saturated carbocycles. The molecule has 9 heteroatoms. The third-order valence-corrected chi connectivity index (χ3v) is 11.4. The van der Waals surface area contributed by atoms with Gasteiger partial charge in [0.2, 0.25) is 0 Å². The number of unbranched alkanes of at least 4 members (excludes halogenated alkanes) is 1. The summed E-state index contributed by atoms with van der Waals surface area (Å²) in [5, 5.41) is 37.4.